The van der Waals surface area contributed by atoms with E-state index in [-0.39, 0.29) is 18.0 Å². The van der Waals surface area contributed by atoms with Crippen LogP contribution in [0.1, 0.15) is 16.7 Å². The van der Waals surface area contributed by atoms with E-state index in [9.17, 15) is 8.42 Å². The minimum absolute atomic E-state index is 0.237. The second-order valence-electron chi connectivity index (χ2n) is 10.8. The number of fused-ring (bicyclic) bond motifs is 4. The fraction of sp³-hybridized carbons (Fsp3) is 0.139. The summed E-state index contributed by atoms with van der Waals surface area (Å²) < 4.78 is 40.6. The first-order chi connectivity index (χ1) is 20.9. The molecule has 1 aliphatic rings. The Bertz CT molecular complexity index is 2110. The maximum atomic E-state index is 14.1. The van der Waals surface area contributed by atoms with Gasteiger partial charge in [-0.05, 0) is 76.5 Å². The van der Waals surface area contributed by atoms with E-state index in [1.807, 2.05) is 85.9 Å². The summed E-state index contributed by atoms with van der Waals surface area (Å²) in [5.74, 6) is 1.51. The van der Waals surface area contributed by atoms with Gasteiger partial charge in [-0.2, -0.15) is 4.31 Å². The standard InChI is InChI=1S/C36H30N2O4S/c1-23-8-18-29(19-9-23)43(39,40)38-21-31-32(22-38)34(25-12-16-28(42-3)17-13-25)36-35(30-7-5-4-6-26(30)20-37-36)33(31)24-10-14-27(41-2)15-11-24/h4-20H,21-22H2,1-3H3. The van der Waals surface area contributed by atoms with Crippen LogP contribution in [0.5, 0.6) is 11.5 Å². The topological polar surface area (TPSA) is 68.7 Å². The zero-order chi connectivity index (χ0) is 29.7. The molecule has 0 bridgehead atoms. The Kier molecular flexibility index (Phi) is 6.64. The molecule has 0 fully saturated rings. The van der Waals surface area contributed by atoms with Crippen molar-refractivity contribution in [3.05, 3.63) is 120 Å². The minimum Gasteiger partial charge on any atom is -0.497 e. The number of nitrogens with zero attached hydrogens (tertiary/aromatic N) is 2. The molecule has 1 aliphatic heterocycles. The van der Waals surface area contributed by atoms with Crippen molar-refractivity contribution >= 4 is 31.7 Å². The lowest BCUT2D eigenvalue weighted by Crippen LogP contribution is -2.25. The molecule has 6 aromatic rings. The summed E-state index contributed by atoms with van der Waals surface area (Å²) in [6.07, 6.45) is 1.91. The van der Waals surface area contributed by atoms with E-state index >= 15 is 0 Å². The zero-order valence-electron chi connectivity index (χ0n) is 24.2. The molecule has 0 unspecified atom stereocenters. The Morgan fingerprint density at radius 3 is 1.86 bits per heavy atom. The van der Waals surface area contributed by atoms with Gasteiger partial charge in [-0.25, -0.2) is 8.42 Å². The van der Waals surface area contributed by atoms with Crippen molar-refractivity contribution in [3.63, 3.8) is 0 Å². The molecule has 0 amide bonds. The van der Waals surface area contributed by atoms with Crippen LogP contribution in [0.2, 0.25) is 0 Å². The summed E-state index contributed by atoms with van der Waals surface area (Å²) >= 11 is 0. The van der Waals surface area contributed by atoms with Crippen molar-refractivity contribution in [1.82, 2.24) is 9.29 Å². The third-order valence-corrected chi connectivity index (χ3v) is 10.1. The SMILES string of the molecule is COc1ccc(-c2c3c(c(-c4ccc(OC)cc4)c4c2ncc2ccccc24)CN(S(=O)(=O)c2ccc(C)cc2)C3)cc1. The number of pyridine rings is 1. The van der Waals surface area contributed by atoms with E-state index in [0.717, 1.165) is 72.1 Å². The van der Waals surface area contributed by atoms with E-state index in [2.05, 4.69) is 12.1 Å². The molecule has 0 saturated heterocycles. The van der Waals surface area contributed by atoms with Gasteiger partial charge in [-0.1, -0.05) is 66.2 Å². The van der Waals surface area contributed by atoms with E-state index < -0.39 is 10.0 Å². The van der Waals surface area contributed by atoms with Gasteiger partial charge in [0.15, 0.2) is 0 Å². The minimum atomic E-state index is -3.77. The summed E-state index contributed by atoms with van der Waals surface area (Å²) in [4.78, 5) is 5.34. The van der Waals surface area contributed by atoms with E-state index in [1.165, 1.54) is 0 Å². The van der Waals surface area contributed by atoms with Gasteiger partial charge in [-0.15, -0.1) is 0 Å². The van der Waals surface area contributed by atoms with Gasteiger partial charge in [-0.3, -0.25) is 4.98 Å². The number of aromatic nitrogens is 1. The highest BCUT2D eigenvalue weighted by Crippen LogP contribution is 2.48. The largest absolute Gasteiger partial charge is 0.497 e. The summed E-state index contributed by atoms with van der Waals surface area (Å²) in [6, 6.07) is 31.2. The van der Waals surface area contributed by atoms with Crippen LogP contribution in [0.3, 0.4) is 0 Å². The first kappa shape index (κ1) is 27.1. The van der Waals surface area contributed by atoms with Crippen LogP contribution in [-0.4, -0.2) is 31.9 Å². The molecular weight excluding hydrogens is 556 g/mol. The monoisotopic (exact) mass is 586 g/mol. The normalized spacial score (nSPS) is 13.4. The van der Waals surface area contributed by atoms with E-state index in [1.54, 1.807) is 30.7 Å². The highest BCUT2D eigenvalue weighted by atomic mass is 32.2. The smallest absolute Gasteiger partial charge is 0.243 e. The summed E-state index contributed by atoms with van der Waals surface area (Å²) in [5.41, 5.74) is 7.67. The van der Waals surface area contributed by atoms with Gasteiger partial charge < -0.3 is 9.47 Å². The lowest BCUT2D eigenvalue weighted by Gasteiger charge is -2.19. The molecule has 214 valence electrons. The fourth-order valence-electron chi connectivity index (χ4n) is 6.13. The predicted molar refractivity (Wildman–Crippen MR) is 171 cm³/mol. The zero-order valence-corrected chi connectivity index (χ0v) is 25.0. The molecule has 0 radical (unpaired) electrons. The second kappa shape index (κ2) is 10.5. The Hall–Kier alpha value is -4.72. The third-order valence-electron chi connectivity index (χ3n) is 8.34. The number of sulfonamides is 1. The Balaban J connectivity index is 1.56. The summed E-state index contributed by atoms with van der Waals surface area (Å²) in [6.45, 7) is 2.43. The highest BCUT2D eigenvalue weighted by Gasteiger charge is 2.36. The van der Waals surface area contributed by atoms with Crippen molar-refractivity contribution in [1.29, 1.82) is 0 Å². The van der Waals surface area contributed by atoms with Crippen LogP contribution < -0.4 is 9.47 Å². The first-order valence-corrected chi connectivity index (χ1v) is 15.5. The molecule has 43 heavy (non-hydrogen) atoms. The molecular formula is C36H30N2O4S. The van der Waals surface area contributed by atoms with E-state index in [4.69, 9.17) is 14.5 Å². The Morgan fingerprint density at radius 1 is 0.698 bits per heavy atom. The number of hydrogen-bond donors (Lipinski definition) is 0. The number of aryl methyl sites for hydroxylation is 1. The van der Waals surface area contributed by atoms with Crippen LogP contribution in [-0.2, 0) is 23.1 Å². The third kappa shape index (κ3) is 4.52. The van der Waals surface area contributed by atoms with Gasteiger partial charge in [0.25, 0.3) is 0 Å². The molecule has 2 heterocycles. The average molecular weight is 587 g/mol. The van der Waals surface area contributed by atoms with Crippen LogP contribution in [0, 0.1) is 6.92 Å². The Morgan fingerprint density at radius 2 is 1.26 bits per heavy atom. The van der Waals surface area contributed by atoms with Gasteiger partial charge in [0.1, 0.15) is 11.5 Å². The van der Waals surface area contributed by atoms with Gasteiger partial charge in [0.2, 0.25) is 10.0 Å². The van der Waals surface area contributed by atoms with Crippen LogP contribution >= 0.6 is 0 Å². The molecule has 7 rings (SSSR count). The molecule has 5 aromatic carbocycles. The molecule has 0 saturated carbocycles. The van der Waals surface area contributed by atoms with Gasteiger partial charge >= 0.3 is 0 Å². The molecule has 1 aromatic heterocycles. The van der Waals surface area contributed by atoms with Crippen LogP contribution in [0.4, 0.5) is 0 Å². The molecule has 0 aliphatic carbocycles. The number of hydrogen-bond acceptors (Lipinski definition) is 5. The summed E-state index contributed by atoms with van der Waals surface area (Å²) in [7, 11) is -0.476. The number of benzene rings is 5. The maximum absolute atomic E-state index is 14.1. The van der Waals surface area contributed by atoms with Crippen LogP contribution in [0.25, 0.3) is 43.9 Å². The lowest BCUT2D eigenvalue weighted by molar-refractivity contribution is 0.415. The lowest BCUT2D eigenvalue weighted by atomic mass is 9.85. The highest BCUT2D eigenvalue weighted by molar-refractivity contribution is 7.89. The predicted octanol–water partition coefficient (Wildman–Crippen LogP) is 7.75. The quantitative estimate of drug-likeness (QED) is 0.187. The van der Waals surface area contributed by atoms with Crippen molar-refractivity contribution < 1.29 is 17.9 Å². The molecule has 0 spiro atoms. The van der Waals surface area contributed by atoms with Gasteiger partial charge in [0, 0.05) is 35.6 Å². The van der Waals surface area contributed by atoms with Gasteiger partial charge in [0.05, 0.1) is 24.6 Å². The van der Waals surface area contributed by atoms with Crippen molar-refractivity contribution in [2.75, 3.05) is 14.2 Å². The molecule has 7 heteroatoms. The number of rotatable bonds is 6. The first-order valence-electron chi connectivity index (χ1n) is 14.1. The van der Waals surface area contributed by atoms with E-state index in [0.29, 0.717) is 0 Å². The molecule has 6 nitrogen and oxygen atoms in total. The number of ether oxygens (including phenoxy) is 2. The second-order valence-corrected chi connectivity index (χ2v) is 12.8. The van der Waals surface area contributed by atoms with Crippen LogP contribution in [0.15, 0.2) is 108 Å². The maximum Gasteiger partial charge on any atom is 0.243 e. The fourth-order valence-corrected chi connectivity index (χ4v) is 7.51. The summed E-state index contributed by atoms with van der Waals surface area (Å²) in [5, 5.41) is 3.09. The van der Waals surface area contributed by atoms with Crippen molar-refractivity contribution in [2.24, 2.45) is 0 Å². The van der Waals surface area contributed by atoms with Crippen molar-refractivity contribution in [2.45, 2.75) is 24.9 Å². The Labute approximate surface area is 251 Å². The molecule has 0 N–H and O–H groups in total. The molecule has 0 atom stereocenters. The number of methoxy groups -OCH3 is 2. The average Bonchev–Trinajstić information content (AvgIpc) is 3.50. The van der Waals surface area contributed by atoms with Crippen molar-refractivity contribution in [3.8, 4) is 33.8 Å².